The van der Waals surface area contributed by atoms with Crippen molar-refractivity contribution in [3.8, 4) is 11.5 Å². The van der Waals surface area contributed by atoms with Crippen LogP contribution in [0, 0.1) is 17.8 Å². The van der Waals surface area contributed by atoms with Crippen LogP contribution in [-0.2, 0) is 5.41 Å². The van der Waals surface area contributed by atoms with Gasteiger partial charge in [0.05, 0.1) is 5.02 Å². The van der Waals surface area contributed by atoms with Gasteiger partial charge in [-0.3, -0.25) is 0 Å². The van der Waals surface area contributed by atoms with Gasteiger partial charge in [-0.1, -0.05) is 37.6 Å². The van der Waals surface area contributed by atoms with Crippen molar-refractivity contribution in [1.29, 1.82) is 0 Å². The van der Waals surface area contributed by atoms with Crippen molar-refractivity contribution in [2.45, 2.75) is 44.9 Å². The van der Waals surface area contributed by atoms with Crippen molar-refractivity contribution in [2.75, 3.05) is 5.32 Å². The Bertz CT molecular complexity index is 1200. The molecule has 0 radical (unpaired) electrons. The quantitative estimate of drug-likeness (QED) is 0.381. The molecule has 2 fully saturated rings. The zero-order chi connectivity index (χ0) is 23.9. The van der Waals surface area contributed by atoms with E-state index in [0.29, 0.717) is 22.3 Å². The second-order valence-corrected chi connectivity index (χ2v) is 10.5. The minimum Gasteiger partial charge on any atom is -0.477 e. The topological polar surface area (TPSA) is 71.5 Å². The van der Waals surface area contributed by atoms with Gasteiger partial charge in [-0.2, -0.15) is 0 Å². The van der Waals surface area contributed by atoms with E-state index in [0.717, 1.165) is 23.4 Å². The highest BCUT2D eigenvalue weighted by Gasteiger charge is 2.52. The SMILES string of the molecule is CC1CC2CC(C)CC2(c2ccc(Oc3ccc(Nc4cccc(C(=O)O)n4)cc3)c(Cl)c2)C1. The number of nitrogens with one attached hydrogen (secondary N) is 1. The van der Waals surface area contributed by atoms with E-state index in [9.17, 15) is 4.79 Å². The number of ether oxygens (including phenoxy) is 1. The van der Waals surface area contributed by atoms with Crippen molar-refractivity contribution in [3.05, 3.63) is 76.9 Å². The summed E-state index contributed by atoms with van der Waals surface area (Å²) in [6, 6.07) is 18.6. The van der Waals surface area contributed by atoms with Crippen LogP contribution in [0.2, 0.25) is 5.02 Å². The predicted octanol–water partition coefficient (Wildman–Crippen LogP) is 7.68. The van der Waals surface area contributed by atoms with Crippen LogP contribution in [0.1, 0.15) is 55.6 Å². The molecule has 5 rings (SSSR count). The van der Waals surface area contributed by atoms with E-state index >= 15 is 0 Å². The number of pyridine rings is 1. The van der Waals surface area contributed by atoms with Gasteiger partial charge in [0.25, 0.3) is 0 Å². The molecule has 6 heteroatoms. The minimum atomic E-state index is -1.06. The standard InChI is InChI=1S/C28H29ClN2O3/c1-17-12-20-13-18(2)16-28(20,15-17)19-6-11-25(23(29)14-19)34-22-9-7-21(8-10-22)30-26-5-3-4-24(31-26)27(32)33/h3-11,14,17-18,20H,12-13,15-16H2,1-2H3,(H,30,31)(H,32,33). The van der Waals surface area contributed by atoms with E-state index in [1.54, 1.807) is 12.1 Å². The van der Waals surface area contributed by atoms with Crippen molar-refractivity contribution in [3.63, 3.8) is 0 Å². The fraction of sp³-hybridized carbons (Fsp3) is 0.357. The molecule has 2 atom stereocenters. The van der Waals surface area contributed by atoms with E-state index in [2.05, 4.69) is 36.3 Å². The van der Waals surface area contributed by atoms with Crippen LogP contribution < -0.4 is 10.1 Å². The Balaban J connectivity index is 1.30. The van der Waals surface area contributed by atoms with E-state index < -0.39 is 5.97 Å². The monoisotopic (exact) mass is 476 g/mol. The lowest BCUT2D eigenvalue weighted by atomic mass is 9.73. The van der Waals surface area contributed by atoms with Crippen LogP contribution in [0.3, 0.4) is 0 Å². The average Bonchev–Trinajstić information content (AvgIpc) is 3.28. The predicted molar refractivity (Wildman–Crippen MR) is 134 cm³/mol. The van der Waals surface area contributed by atoms with Crippen LogP contribution in [0.25, 0.3) is 0 Å². The zero-order valence-electron chi connectivity index (χ0n) is 19.4. The molecular weight excluding hydrogens is 448 g/mol. The zero-order valence-corrected chi connectivity index (χ0v) is 20.2. The van der Waals surface area contributed by atoms with Gasteiger partial charge in [-0.15, -0.1) is 0 Å². The molecule has 2 saturated carbocycles. The van der Waals surface area contributed by atoms with Crippen molar-refractivity contribution in [2.24, 2.45) is 17.8 Å². The normalized spacial score (nSPS) is 25.7. The molecule has 176 valence electrons. The molecule has 0 saturated heterocycles. The summed E-state index contributed by atoms with van der Waals surface area (Å²) in [5, 5.41) is 12.9. The molecule has 1 heterocycles. The van der Waals surface area contributed by atoms with E-state index in [-0.39, 0.29) is 11.1 Å². The maximum atomic E-state index is 11.1. The summed E-state index contributed by atoms with van der Waals surface area (Å²) >= 11 is 6.70. The number of carboxylic acids is 1. The van der Waals surface area contributed by atoms with Crippen LogP contribution in [-0.4, -0.2) is 16.1 Å². The van der Waals surface area contributed by atoms with E-state index in [4.69, 9.17) is 21.4 Å². The highest BCUT2D eigenvalue weighted by Crippen LogP contribution is 2.59. The molecule has 2 N–H and O–H groups in total. The first-order valence-electron chi connectivity index (χ1n) is 11.9. The molecule has 0 aliphatic heterocycles. The Kier molecular flexibility index (Phi) is 5.98. The number of aromatic nitrogens is 1. The van der Waals surface area contributed by atoms with Gasteiger partial charge < -0.3 is 15.2 Å². The first-order chi connectivity index (χ1) is 16.3. The molecule has 0 bridgehead atoms. The molecule has 2 aromatic carbocycles. The lowest BCUT2D eigenvalue weighted by Gasteiger charge is -2.31. The number of hydrogen-bond donors (Lipinski definition) is 2. The molecule has 3 aromatic rings. The summed E-state index contributed by atoms with van der Waals surface area (Å²) in [5.41, 5.74) is 2.40. The molecule has 0 amide bonds. The number of anilines is 2. The van der Waals surface area contributed by atoms with Crippen molar-refractivity contribution >= 4 is 29.1 Å². The summed E-state index contributed by atoms with van der Waals surface area (Å²) in [7, 11) is 0. The minimum absolute atomic E-state index is 0.00646. The smallest absolute Gasteiger partial charge is 0.354 e. The molecule has 2 aliphatic rings. The number of hydrogen-bond acceptors (Lipinski definition) is 4. The lowest BCUT2D eigenvalue weighted by Crippen LogP contribution is -2.25. The van der Waals surface area contributed by atoms with Gasteiger partial charge in [0.1, 0.15) is 17.3 Å². The van der Waals surface area contributed by atoms with Gasteiger partial charge in [-0.05, 0) is 103 Å². The maximum absolute atomic E-state index is 11.1. The second kappa shape index (κ2) is 8.95. The number of rotatable bonds is 6. The average molecular weight is 477 g/mol. The third-order valence-electron chi connectivity index (χ3n) is 7.41. The molecule has 0 spiro atoms. The summed E-state index contributed by atoms with van der Waals surface area (Å²) < 4.78 is 6.08. The number of benzene rings is 2. The van der Waals surface area contributed by atoms with Crippen LogP contribution >= 0.6 is 11.6 Å². The molecule has 34 heavy (non-hydrogen) atoms. The fourth-order valence-corrected chi connectivity index (χ4v) is 6.43. The number of fused-ring (bicyclic) bond motifs is 1. The summed E-state index contributed by atoms with van der Waals surface area (Å²) in [6.45, 7) is 4.75. The number of carbonyl (C=O) groups is 1. The summed E-state index contributed by atoms with van der Waals surface area (Å²) in [5.74, 6) is 3.01. The Morgan fingerprint density at radius 3 is 2.41 bits per heavy atom. The molecule has 2 unspecified atom stereocenters. The molecule has 5 nitrogen and oxygen atoms in total. The Morgan fingerprint density at radius 2 is 1.76 bits per heavy atom. The van der Waals surface area contributed by atoms with E-state index in [1.165, 1.54) is 37.3 Å². The highest BCUT2D eigenvalue weighted by atomic mass is 35.5. The van der Waals surface area contributed by atoms with Crippen LogP contribution in [0.5, 0.6) is 11.5 Å². The van der Waals surface area contributed by atoms with Gasteiger partial charge in [0.2, 0.25) is 0 Å². The Labute approximate surface area is 205 Å². The van der Waals surface area contributed by atoms with Gasteiger partial charge in [0.15, 0.2) is 5.69 Å². The molecule has 1 aromatic heterocycles. The lowest BCUT2D eigenvalue weighted by molar-refractivity contribution is 0.0690. The first kappa shape index (κ1) is 22.7. The van der Waals surface area contributed by atoms with Crippen molar-refractivity contribution < 1.29 is 14.6 Å². The number of aromatic carboxylic acids is 1. The van der Waals surface area contributed by atoms with Crippen molar-refractivity contribution in [1.82, 2.24) is 4.98 Å². The van der Waals surface area contributed by atoms with Crippen LogP contribution in [0.15, 0.2) is 60.7 Å². The van der Waals surface area contributed by atoms with E-state index in [1.807, 2.05) is 30.3 Å². The highest BCUT2D eigenvalue weighted by molar-refractivity contribution is 6.32. The third kappa shape index (κ3) is 4.37. The first-order valence-corrected chi connectivity index (χ1v) is 12.3. The number of nitrogens with zero attached hydrogens (tertiary/aromatic N) is 1. The third-order valence-corrected chi connectivity index (χ3v) is 7.71. The molecular formula is C28H29ClN2O3. The van der Waals surface area contributed by atoms with Crippen LogP contribution in [0.4, 0.5) is 11.5 Å². The largest absolute Gasteiger partial charge is 0.477 e. The summed E-state index contributed by atoms with van der Waals surface area (Å²) in [6.07, 6.45) is 5.13. The van der Waals surface area contributed by atoms with Gasteiger partial charge >= 0.3 is 5.97 Å². The number of halogens is 1. The Morgan fingerprint density at radius 1 is 1.06 bits per heavy atom. The van der Waals surface area contributed by atoms with Gasteiger partial charge in [-0.25, -0.2) is 9.78 Å². The van der Waals surface area contributed by atoms with Gasteiger partial charge in [0, 0.05) is 5.69 Å². The maximum Gasteiger partial charge on any atom is 0.354 e. The second-order valence-electron chi connectivity index (χ2n) is 10.1. The Hall–Kier alpha value is -3.05. The summed E-state index contributed by atoms with van der Waals surface area (Å²) in [4.78, 5) is 15.2. The molecule has 2 aliphatic carbocycles. The fourth-order valence-electron chi connectivity index (χ4n) is 6.22. The number of carboxylic acid groups (broad SMARTS) is 1.